The summed E-state index contributed by atoms with van der Waals surface area (Å²) in [4.78, 5) is 25.1. The third kappa shape index (κ3) is 5.67. The molecule has 0 aromatic heterocycles. The van der Waals surface area contributed by atoms with Crippen molar-refractivity contribution in [1.29, 1.82) is 0 Å². The fourth-order valence-corrected chi connectivity index (χ4v) is 6.13. The molecule has 0 spiro atoms. The first-order valence-corrected chi connectivity index (χ1v) is 13.5. The van der Waals surface area contributed by atoms with Crippen molar-refractivity contribution in [2.75, 3.05) is 5.32 Å². The number of aryl methyl sites for hydroxylation is 1. The molecule has 2 aromatic carbocycles. The first kappa shape index (κ1) is 24.4. The standard InChI is InChI=1S/C26H33N3O4S/c1-17-7-6-10-22(18(17)2)28-26(31)24(15-19-8-4-3-5-9-19)29-34(32,33)21-12-13-23-20(16-21)11-14-25(30)27-23/h3-5,8-9,12-13,16-18,22,24,29H,6-7,10-11,14-15H2,1-2H3,(H,27,30)(H,28,31). The SMILES string of the molecule is CC1CCCC(NC(=O)C(Cc2ccccc2)NS(=O)(=O)c2ccc3c(c2)CCC(=O)N3)C1C. The highest BCUT2D eigenvalue weighted by Gasteiger charge is 2.32. The summed E-state index contributed by atoms with van der Waals surface area (Å²) in [6.45, 7) is 4.35. The van der Waals surface area contributed by atoms with E-state index in [1.165, 1.54) is 6.07 Å². The van der Waals surface area contributed by atoms with Gasteiger partial charge in [0, 0.05) is 18.2 Å². The van der Waals surface area contributed by atoms with Crippen molar-refractivity contribution in [3.05, 3.63) is 59.7 Å². The zero-order valence-electron chi connectivity index (χ0n) is 19.7. The van der Waals surface area contributed by atoms with Gasteiger partial charge in [0.25, 0.3) is 0 Å². The van der Waals surface area contributed by atoms with Gasteiger partial charge in [-0.1, -0.05) is 57.0 Å². The monoisotopic (exact) mass is 483 g/mol. The van der Waals surface area contributed by atoms with Gasteiger partial charge in [0.1, 0.15) is 6.04 Å². The van der Waals surface area contributed by atoms with Crippen LogP contribution in [0, 0.1) is 11.8 Å². The van der Waals surface area contributed by atoms with Crippen molar-refractivity contribution < 1.29 is 18.0 Å². The van der Waals surface area contributed by atoms with Crippen LogP contribution in [0.15, 0.2) is 53.4 Å². The maximum Gasteiger partial charge on any atom is 0.241 e. The van der Waals surface area contributed by atoms with Gasteiger partial charge >= 0.3 is 0 Å². The minimum absolute atomic E-state index is 0.0337. The maximum atomic E-state index is 13.4. The van der Waals surface area contributed by atoms with Crippen LogP contribution < -0.4 is 15.4 Å². The number of benzene rings is 2. The highest BCUT2D eigenvalue weighted by molar-refractivity contribution is 7.89. The lowest BCUT2D eigenvalue weighted by Crippen LogP contribution is -2.53. The van der Waals surface area contributed by atoms with E-state index in [-0.39, 0.29) is 29.2 Å². The normalized spacial score (nSPS) is 23.5. The van der Waals surface area contributed by atoms with Crippen molar-refractivity contribution in [2.45, 2.75) is 69.4 Å². The highest BCUT2D eigenvalue weighted by Crippen LogP contribution is 2.30. The van der Waals surface area contributed by atoms with Crippen molar-refractivity contribution in [3.8, 4) is 0 Å². The van der Waals surface area contributed by atoms with Gasteiger partial charge in [-0.15, -0.1) is 0 Å². The van der Waals surface area contributed by atoms with Crippen LogP contribution in [0.1, 0.15) is 50.7 Å². The number of hydrogen-bond acceptors (Lipinski definition) is 4. The Kier molecular flexibility index (Phi) is 7.38. The molecule has 1 heterocycles. The number of sulfonamides is 1. The second-order valence-electron chi connectivity index (χ2n) is 9.61. The van der Waals surface area contributed by atoms with Crippen LogP contribution in [-0.2, 0) is 32.5 Å². The van der Waals surface area contributed by atoms with Gasteiger partial charge in [0.2, 0.25) is 21.8 Å². The first-order valence-electron chi connectivity index (χ1n) is 12.0. The Hall–Kier alpha value is -2.71. The average molecular weight is 484 g/mol. The van der Waals surface area contributed by atoms with Gasteiger partial charge in [0.05, 0.1) is 4.90 Å². The predicted octanol–water partition coefficient (Wildman–Crippen LogP) is 3.40. The number of rotatable bonds is 7. The smallest absolute Gasteiger partial charge is 0.241 e. The summed E-state index contributed by atoms with van der Waals surface area (Å²) in [5, 5.41) is 5.90. The number of fused-ring (bicyclic) bond motifs is 1. The Balaban J connectivity index is 1.56. The van der Waals surface area contributed by atoms with E-state index >= 15 is 0 Å². The molecule has 4 atom stereocenters. The molecule has 0 radical (unpaired) electrons. The maximum absolute atomic E-state index is 13.4. The molecule has 3 N–H and O–H groups in total. The summed E-state index contributed by atoms with van der Waals surface area (Å²) in [5.41, 5.74) is 2.29. The predicted molar refractivity (Wildman–Crippen MR) is 132 cm³/mol. The Labute approximate surface area is 201 Å². The number of anilines is 1. The van der Waals surface area contributed by atoms with E-state index in [1.54, 1.807) is 12.1 Å². The van der Waals surface area contributed by atoms with Gasteiger partial charge in [-0.2, -0.15) is 4.72 Å². The third-order valence-corrected chi connectivity index (χ3v) is 8.68. The molecule has 2 aliphatic rings. The average Bonchev–Trinajstić information content (AvgIpc) is 2.81. The van der Waals surface area contributed by atoms with Crippen molar-refractivity contribution in [1.82, 2.24) is 10.0 Å². The molecule has 34 heavy (non-hydrogen) atoms. The number of hydrogen-bond donors (Lipinski definition) is 3. The number of carbonyl (C=O) groups is 2. The van der Waals surface area contributed by atoms with Gasteiger partial charge in [0.15, 0.2) is 0 Å². The Morgan fingerprint density at radius 1 is 1.09 bits per heavy atom. The summed E-state index contributed by atoms with van der Waals surface area (Å²) in [7, 11) is -3.96. The van der Waals surface area contributed by atoms with E-state index in [2.05, 4.69) is 29.2 Å². The lowest BCUT2D eigenvalue weighted by atomic mass is 9.78. The lowest BCUT2D eigenvalue weighted by molar-refractivity contribution is -0.124. The molecule has 8 heteroatoms. The second kappa shape index (κ2) is 10.3. The summed E-state index contributed by atoms with van der Waals surface area (Å²) in [5.74, 6) is 0.470. The van der Waals surface area contributed by atoms with Crippen LogP contribution in [0.25, 0.3) is 0 Å². The Morgan fingerprint density at radius 3 is 2.62 bits per heavy atom. The van der Waals surface area contributed by atoms with Crippen molar-refractivity contribution >= 4 is 27.5 Å². The molecule has 4 rings (SSSR count). The lowest BCUT2D eigenvalue weighted by Gasteiger charge is -2.35. The fourth-order valence-electron chi connectivity index (χ4n) is 4.89. The van der Waals surface area contributed by atoms with Gasteiger partial charge in [-0.25, -0.2) is 8.42 Å². The summed E-state index contributed by atoms with van der Waals surface area (Å²) in [6.07, 6.45) is 4.16. The molecule has 1 saturated carbocycles. The van der Waals surface area contributed by atoms with E-state index < -0.39 is 16.1 Å². The number of carbonyl (C=O) groups excluding carboxylic acids is 2. The van der Waals surface area contributed by atoms with E-state index in [0.29, 0.717) is 30.4 Å². The molecule has 7 nitrogen and oxygen atoms in total. The highest BCUT2D eigenvalue weighted by atomic mass is 32.2. The summed E-state index contributed by atoms with van der Waals surface area (Å²) >= 11 is 0. The molecule has 0 saturated heterocycles. The van der Waals surface area contributed by atoms with Crippen LogP contribution in [0.3, 0.4) is 0 Å². The number of nitrogens with one attached hydrogen (secondary N) is 3. The largest absolute Gasteiger partial charge is 0.352 e. The van der Waals surface area contributed by atoms with E-state index in [4.69, 9.17) is 0 Å². The molecule has 1 aliphatic heterocycles. The molecule has 4 unspecified atom stereocenters. The zero-order chi connectivity index (χ0) is 24.3. The zero-order valence-corrected chi connectivity index (χ0v) is 20.5. The quantitative estimate of drug-likeness (QED) is 0.561. The van der Waals surface area contributed by atoms with Crippen molar-refractivity contribution in [2.24, 2.45) is 11.8 Å². The fraction of sp³-hybridized carbons (Fsp3) is 0.462. The van der Waals surface area contributed by atoms with Crippen LogP contribution in [-0.4, -0.2) is 32.3 Å². The Bertz CT molecular complexity index is 1150. The summed E-state index contributed by atoms with van der Waals surface area (Å²) in [6, 6.07) is 13.2. The molecule has 1 fully saturated rings. The van der Waals surface area contributed by atoms with Crippen LogP contribution >= 0.6 is 0 Å². The molecular formula is C26H33N3O4S. The molecule has 2 aromatic rings. The number of amides is 2. The van der Waals surface area contributed by atoms with Crippen LogP contribution in [0.4, 0.5) is 5.69 Å². The first-order chi connectivity index (χ1) is 16.2. The second-order valence-corrected chi connectivity index (χ2v) is 11.3. The van der Waals surface area contributed by atoms with Gasteiger partial charge in [-0.05, 0) is 60.4 Å². The topological polar surface area (TPSA) is 104 Å². The van der Waals surface area contributed by atoms with Crippen LogP contribution in [0.2, 0.25) is 0 Å². The van der Waals surface area contributed by atoms with E-state index in [1.807, 2.05) is 30.3 Å². The Morgan fingerprint density at radius 2 is 1.85 bits per heavy atom. The minimum Gasteiger partial charge on any atom is -0.352 e. The summed E-state index contributed by atoms with van der Waals surface area (Å²) < 4.78 is 29.3. The third-order valence-electron chi connectivity index (χ3n) is 7.21. The van der Waals surface area contributed by atoms with E-state index in [0.717, 1.165) is 30.4 Å². The van der Waals surface area contributed by atoms with Gasteiger partial charge < -0.3 is 10.6 Å². The molecular weight excluding hydrogens is 450 g/mol. The van der Waals surface area contributed by atoms with Crippen molar-refractivity contribution in [3.63, 3.8) is 0 Å². The van der Waals surface area contributed by atoms with E-state index in [9.17, 15) is 18.0 Å². The molecule has 2 amide bonds. The molecule has 0 bridgehead atoms. The molecule has 182 valence electrons. The van der Waals surface area contributed by atoms with Crippen LogP contribution in [0.5, 0.6) is 0 Å². The molecule has 1 aliphatic carbocycles. The van der Waals surface area contributed by atoms with Gasteiger partial charge in [-0.3, -0.25) is 9.59 Å². The minimum atomic E-state index is -3.96.